The third-order valence-electron chi connectivity index (χ3n) is 8.56. The molecule has 0 N–H and O–H groups in total. The summed E-state index contributed by atoms with van der Waals surface area (Å²) in [6, 6.07) is 22.8. The summed E-state index contributed by atoms with van der Waals surface area (Å²) in [6.07, 6.45) is 3.16. The second-order valence-corrected chi connectivity index (χ2v) is 11.8. The second-order valence-electron chi connectivity index (χ2n) is 11.4. The predicted octanol–water partition coefficient (Wildman–Crippen LogP) is 5.59. The summed E-state index contributed by atoms with van der Waals surface area (Å²) in [4.78, 5) is 49.8. The van der Waals surface area contributed by atoms with Gasteiger partial charge in [-0.1, -0.05) is 48.0 Å². The smallest absolute Gasteiger partial charge is 0.262 e. The van der Waals surface area contributed by atoms with Gasteiger partial charge < -0.3 is 24.3 Å². The number of methoxy groups -OCH3 is 1. The molecule has 0 aliphatic carbocycles. The van der Waals surface area contributed by atoms with E-state index in [0.717, 1.165) is 29.8 Å². The molecule has 4 heterocycles. The maximum absolute atomic E-state index is 13.8. The van der Waals surface area contributed by atoms with Crippen molar-refractivity contribution in [2.75, 3.05) is 48.6 Å². The second kappa shape index (κ2) is 11.9. The minimum atomic E-state index is -0.253. The lowest BCUT2D eigenvalue weighted by Gasteiger charge is -2.38. The van der Waals surface area contributed by atoms with Crippen LogP contribution in [0, 0.1) is 0 Å². The first-order valence-corrected chi connectivity index (χ1v) is 15.3. The molecule has 1 amide bonds. The first kappa shape index (κ1) is 28.8. The summed E-state index contributed by atoms with van der Waals surface area (Å²) < 4.78 is 5.32. The number of fused-ring (bicyclic) bond motifs is 2. The monoisotopic (exact) mass is 621 g/mol. The number of carbonyl (C=O) groups is 2. The zero-order valence-corrected chi connectivity index (χ0v) is 25.8. The third kappa shape index (κ3) is 5.25. The standard InChI is InChI=1S/C34H32ClN7O3/c1-39-21-40(18-22-13-15-24(45-2)16-14-22)32-30(34(39)44)33(37-20-36-32)41-17-7-12-27(41)31-38-26-11-6-10-25(35)29(26)28(43)19-42(31)23-8-4-3-5-9-23/h3-6,8-11,13-16,20,27H,7,12,17-19,21H2,1-2H3. The molecule has 3 aliphatic heterocycles. The Bertz CT molecular complexity index is 1800. The van der Waals surface area contributed by atoms with Crippen LogP contribution in [0.4, 0.5) is 23.0 Å². The number of nitrogens with zero attached hydrogens (tertiary/aromatic N) is 7. The fraction of sp³-hybridized carbons (Fsp3) is 0.265. The Morgan fingerprint density at radius 1 is 0.933 bits per heavy atom. The Labute approximate surface area is 266 Å². The summed E-state index contributed by atoms with van der Waals surface area (Å²) in [7, 11) is 3.44. The van der Waals surface area contributed by atoms with Gasteiger partial charge in [0.15, 0.2) is 5.78 Å². The molecule has 1 unspecified atom stereocenters. The SMILES string of the molecule is COc1ccc(CN2CN(C)C(=O)c3c2ncnc3N2CCCC2C2=Nc3cccc(Cl)c3C(=O)CN2c2ccccc2)cc1. The normalized spacial score (nSPS) is 18.0. The first-order valence-electron chi connectivity index (χ1n) is 14.9. The van der Waals surface area contributed by atoms with E-state index in [2.05, 4.69) is 14.8 Å². The average molecular weight is 622 g/mol. The highest BCUT2D eigenvalue weighted by atomic mass is 35.5. The van der Waals surface area contributed by atoms with E-state index in [-0.39, 0.29) is 24.3 Å². The largest absolute Gasteiger partial charge is 0.497 e. The number of aromatic nitrogens is 2. The van der Waals surface area contributed by atoms with E-state index in [9.17, 15) is 9.59 Å². The third-order valence-corrected chi connectivity index (χ3v) is 8.87. The lowest BCUT2D eigenvalue weighted by molar-refractivity contribution is 0.0780. The van der Waals surface area contributed by atoms with Gasteiger partial charge in [0, 0.05) is 25.8 Å². The molecule has 0 saturated carbocycles. The highest BCUT2D eigenvalue weighted by Gasteiger charge is 2.40. The fourth-order valence-corrected chi connectivity index (χ4v) is 6.69. The van der Waals surface area contributed by atoms with Crippen molar-refractivity contribution in [3.63, 3.8) is 0 Å². The Hall–Kier alpha value is -4.96. The van der Waals surface area contributed by atoms with Gasteiger partial charge in [0.1, 0.15) is 35.1 Å². The summed E-state index contributed by atoms with van der Waals surface area (Å²) in [5.74, 6) is 2.43. The quantitative estimate of drug-likeness (QED) is 0.275. The van der Waals surface area contributed by atoms with Gasteiger partial charge >= 0.3 is 0 Å². The molecule has 10 nitrogen and oxygen atoms in total. The Kier molecular flexibility index (Phi) is 7.58. The zero-order valence-electron chi connectivity index (χ0n) is 25.1. The molecule has 0 radical (unpaired) electrons. The number of ether oxygens (including phenoxy) is 1. The minimum Gasteiger partial charge on any atom is -0.497 e. The van der Waals surface area contributed by atoms with E-state index < -0.39 is 0 Å². The van der Waals surface area contributed by atoms with Crippen LogP contribution >= 0.6 is 11.6 Å². The van der Waals surface area contributed by atoms with E-state index in [4.69, 9.17) is 26.3 Å². The van der Waals surface area contributed by atoms with Crippen LogP contribution in [0.5, 0.6) is 5.75 Å². The molecule has 7 rings (SSSR count). The number of benzene rings is 3. The van der Waals surface area contributed by atoms with Crippen LogP contribution in [-0.4, -0.2) is 72.4 Å². The molecule has 1 atom stereocenters. The van der Waals surface area contributed by atoms with Crippen molar-refractivity contribution >= 4 is 52.1 Å². The number of para-hydroxylation sites is 1. The number of ketones is 1. The van der Waals surface area contributed by atoms with Gasteiger partial charge in [-0.15, -0.1) is 0 Å². The molecule has 1 fully saturated rings. The molecule has 3 aliphatic rings. The van der Waals surface area contributed by atoms with Crippen LogP contribution in [0.1, 0.15) is 39.1 Å². The van der Waals surface area contributed by atoms with Gasteiger partial charge in [0.05, 0.1) is 42.6 Å². The summed E-state index contributed by atoms with van der Waals surface area (Å²) in [5.41, 5.74) is 3.35. The first-order chi connectivity index (χ1) is 21.9. The van der Waals surface area contributed by atoms with Crippen molar-refractivity contribution in [1.82, 2.24) is 14.9 Å². The molecule has 0 spiro atoms. The van der Waals surface area contributed by atoms with Crippen LogP contribution in [0.25, 0.3) is 0 Å². The summed E-state index contributed by atoms with van der Waals surface area (Å²) in [6.45, 7) is 1.71. The van der Waals surface area contributed by atoms with Gasteiger partial charge in [0.2, 0.25) is 0 Å². The van der Waals surface area contributed by atoms with E-state index in [1.54, 1.807) is 25.1 Å². The number of rotatable bonds is 6. The van der Waals surface area contributed by atoms with Crippen LogP contribution in [0.3, 0.4) is 0 Å². The van der Waals surface area contributed by atoms with Gasteiger partial charge in [0.25, 0.3) is 5.91 Å². The Morgan fingerprint density at radius 2 is 1.71 bits per heavy atom. The van der Waals surface area contributed by atoms with Gasteiger partial charge in [-0.25, -0.2) is 15.0 Å². The lowest BCUT2D eigenvalue weighted by atomic mass is 10.1. The number of Topliss-reactive ketones (excluding diaryl/α,β-unsaturated/α-hetero) is 1. The highest BCUT2D eigenvalue weighted by Crippen LogP contribution is 2.38. The number of anilines is 3. The lowest BCUT2D eigenvalue weighted by Crippen LogP contribution is -2.49. The molecule has 3 aromatic carbocycles. The molecular formula is C34H32ClN7O3. The van der Waals surface area contributed by atoms with Crippen molar-refractivity contribution in [3.8, 4) is 5.75 Å². The van der Waals surface area contributed by atoms with Gasteiger partial charge in [-0.2, -0.15) is 0 Å². The number of amides is 1. The summed E-state index contributed by atoms with van der Waals surface area (Å²) in [5, 5.41) is 0.384. The van der Waals surface area contributed by atoms with Crippen molar-refractivity contribution in [2.24, 2.45) is 4.99 Å². The predicted molar refractivity (Wildman–Crippen MR) is 175 cm³/mol. The van der Waals surface area contributed by atoms with Gasteiger partial charge in [-0.05, 0) is 54.8 Å². The fourth-order valence-electron chi connectivity index (χ4n) is 6.41. The van der Waals surface area contributed by atoms with Crippen LogP contribution in [0.2, 0.25) is 5.02 Å². The number of halogens is 1. The number of aliphatic imine (C=N–C) groups is 1. The zero-order chi connectivity index (χ0) is 31.1. The number of carbonyl (C=O) groups excluding carboxylic acids is 2. The van der Waals surface area contributed by atoms with E-state index in [0.29, 0.717) is 59.1 Å². The Balaban J connectivity index is 1.31. The van der Waals surface area contributed by atoms with E-state index >= 15 is 0 Å². The molecule has 1 saturated heterocycles. The maximum Gasteiger partial charge on any atom is 0.262 e. The summed E-state index contributed by atoms with van der Waals surface area (Å²) >= 11 is 6.54. The molecular weight excluding hydrogens is 590 g/mol. The number of amidine groups is 1. The maximum atomic E-state index is 13.8. The molecule has 45 heavy (non-hydrogen) atoms. The Morgan fingerprint density at radius 3 is 2.49 bits per heavy atom. The molecule has 0 bridgehead atoms. The van der Waals surface area contributed by atoms with Crippen molar-refractivity contribution in [3.05, 3.63) is 101 Å². The highest BCUT2D eigenvalue weighted by molar-refractivity contribution is 6.35. The van der Waals surface area contributed by atoms with E-state index in [1.807, 2.05) is 71.6 Å². The molecule has 1 aromatic heterocycles. The minimum absolute atomic E-state index is 0.0864. The molecule has 4 aromatic rings. The van der Waals surface area contributed by atoms with Crippen LogP contribution in [0.15, 0.2) is 84.1 Å². The van der Waals surface area contributed by atoms with Crippen molar-refractivity contribution < 1.29 is 14.3 Å². The van der Waals surface area contributed by atoms with Crippen LogP contribution in [-0.2, 0) is 6.54 Å². The van der Waals surface area contributed by atoms with Gasteiger partial charge in [-0.3, -0.25) is 9.59 Å². The van der Waals surface area contributed by atoms with Crippen LogP contribution < -0.4 is 19.4 Å². The topological polar surface area (TPSA) is 94.5 Å². The van der Waals surface area contributed by atoms with Crippen molar-refractivity contribution in [1.29, 1.82) is 0 Å². The van der Waals surface area contributed by atoms with E-state index in [1.165, 1.54) is 6.33 Å². The number of hydrogen-bond donors (Lipinski definition) is 0. The molecule has 228 valence electrons. The average Bonchev–Trinajstić information content (AvgIpc) is 3.49. The van der Waals surface area contributed by atoms with Crippen molar-refractivity contribution in [2.45, 2.75) is 25.4 Å². The molecule has 11 heteroatoms. The number of hydrogen-bond acceptors (Lipinski definition) is 9.